The number of anilines is 1. The second kappa shape index (κ2) is 11.6. The van der Waals surface area contributed by atoms with Crippen LogP contribution in [-0.2, 0) is 20.8 Å². The molecule has 33 heavy (non-hydrogen) atoms. The van der Waals surface area contributed by atoms with E-state index >= 15 is 0 Å². The molecular formula is C23H28ClN3O4S2. The molecule has 2 heterocycles. The fourth-order valence-electron chi connectivity index (χ4n) is 3.06. The number of halogens is 1. The number of hydrogen-bond acceptors (Lipinski definition) is 8. The predicted octanol–water partition coefficient (Wildman–Crippen LogP) is 4.78. The number of carbonyl (C=O) groups excluding carboxylic acids is 1. The highest BCUT2D eigenvalue weighted by Gasteiger charge is 2.27. The van der Waals surface area contributed by atoms with E-state index in [2.05, 4.69) is 14.3 Å². The molecule has 1 aliphatic rings. The highest BCUT2D eigenvalue weighted by molar-refractivity contribution is 7.99. The molecule has 0 spiro atoms. The van der Waals surface area contributed by atoms with Crippen LogP contribution in [0.3, 0.4) is 0 Å². The minimum absolute atomic E-state index is 0.266. The van der Waals surface area contributed by atoms with Crippen molar-refractivity contribution in [1.82, 2.24) is 4.98 Å². The Morgan fingerprint density at radius 3 is 2.76 bits per heavy atom. The Balaban J connectivity index is 2.09. The zero-order chi connectivity index (χ0) is 24.0. The van der Waals surface area contributed by atoms with Crippen molar-refractivity contribution < 1.29 is 18.8 Å². The number of rotatable bonds is 7. The van der Waals surface area contributed by atoms with Crippen LogP contribution < -0.4 is 4.90 Å². The van der Waals surface area contributed by atoms with Gasteiger partial charge in [0.15, 0.2) is 0 Å². The molecule has 0 N–H and O–H groups in total. The van der Waals surface area contributed by atoms with Crippen molar-refractivity contribution in [2.75, 3.05) is 37.8 Å². The van der Waals surface area contributed by atoms with Gasteiger partial charge in [0.25, 0.3) is 0 Å². The van der Waals surface area contributed by atoms with Crippen LogP contribution in [0.2, 0.25) is 5.02 Å². The lowest BCUT2D eigenvalue weighted by molar-refractivity contribution is 0.0521. The number of esters is 1. The summed E-state index contributed by atoms with van der Waals surface area (Å²) in [6, 6.07) is 7.12. The topological polar surface area (TPSA) is 87.1 Å². The monoisotopic (exact) mass is 509 g/mol. The summed E-state index contributed by atoms with van der Waals surface area (Å²) in [5.41, 5.74) is 2.00. The molecule has 1 fully saturated rings. The Morgan fingerprint density at radius 1 is 1.36 bits per heavy atom. The SMILES string of the molecule is CCOC(=O)c1cccnc1Sc1c(Cl)ccc(N2CCOCC2)c1/C=N/[S+]([O-])C(C)(C)C. The number of nitrogens with zero attached hydrogens (tertiary/aromatic N) is 3. The van der Waals surface area contributed by atoms with E-state index in [1.165, 1.54) is 11.8 Å². The van der Waals surface area contributed by atoms with E-state index in [9.17, 15) is 9.35 Å². The summed E-state index contributed by atoms with van der Waals surface area (Å²) in [5, 5.41) is 0.962. The van der Waals surface area contributed by atoms with Gasteiger partial charge < -0.3 is 18.9 Å². The normalized spacial score (nSPS) is 15.6. The van der Waals surface area contributed by atoms with Gasteiger partial charge in [-0.2, -0.15) is 0 Å². The van der Waals surface area contributed by atoms with Gasteiger partial charge in [0.05, 0.1) is 36.6 Å². The van der Waals surface area contributed by atoms with Crippen LogP contribution in [0, 0.1) is 0 Å². The number of carbonyl (C=O) groups is 1. The molecule has 1 saturated heterocycles. The van der Waals surface area contributed by atoms with Crippen LogP contribution in [0.1, 0.15) is 43.6 Å². The standard InChI is InChI=1S/C23H28ClN3O4S2/c1-5-31-22(28)16-7-6-10-25-21(16)32-20-17(15-26-33(29)23(2,3)4)19(9-8-18(20)24)27-11-13-30-14-12-27/h6-10,15H,5,11-14H2,1-4H3/b26-15+. The van der Waals surface area contributed by atoms with Gasteiger partial charge in [0, 0.05) is 35.4 Å². The summed E-state index contributed by atoms with van der Waals surface area (Å²) in [7, 11) is 0. The van der Waals surface area contributed by atoms with E-state index in [0.29, 0.717) is 46.8 Å². The van der Waals surface area contributed by atoms with Crippen molar-refractivity contribution in [2.24, 2.45) is 4.40 Å². The lowest BCUT2D eigenvalue weighted by Crippen LogP contribution is -2.37. The molecule has 0 saturated carbocycles. The molecule has 0 aliphatic carbocycles. The van der Waals surface area contributed by atoms with Crippen LogP contribution in [0.15, 0.2) is 44.8 Å². The minimum atomic E-state index is -1.44. The fraction of sp³-hybridized carbons (Fsp3) is 0.435. The molecule has 1 aliphatic heterocycles. The number of hydrogen-bond donors (Lipinski definition) is 0. The lowest BCUT2D eigenvalue weighted by Gasteiger charge is -2.31. The van der Waals surface area contributed by atoms with E-state index in [1.807, 2.05) is 32.9 Å². The van der Waals surface area contributed by atoms with Gasteiger partial charge in [0.1, 0.15) is 21.1 Å². The van der Waals surface area contributed by atoms with Gasteiger partial charge in [-0.1, -0.05) is 27.8 Å². The van der Waals surface area contributed by atoms with Crippen molar-refractivity contribution in [3.63, 3.8) is 0 Å². The zero-order valence-electron chi connectivity index (χ0n) is 19.2. The van der Waals surface area contributed by atoms with Crippen LogP contribution in [0.5, 0.6) is 0 Å². The summed E-state index contributed by atoms with van der Waals surface area (Å²) < 4.78 is 27.2. The van der Waals surface area contributed by atoms with E-state index < -0.39 is 22.1 Å². The van der Waals surface area contributed by atoms with Crippen molar-refractivity contribution in [1.29, 1.82) is 0 Å². The number of benzene rings is 1. The van der Waals surface area contributed by atoms with E-state index in [-0.39, 0.29) is 6.61 Å². The third-order valence-corrected chi connectivity index (χ3v) is 7.68. The minimum Gasteiger partial charge on any atom is -0.591 e. The van der Waals surface area contributed by atoms with Crippen molar-refractivity contribution in [3.05, 3.63) is 46.6 Å². The van der Waals surface area contributed by atoms with E-state index in [1.54, 1.807) is 31.5 Å². The van der Waals surface area contributed by atoms with Gasteiger partial charge in [0.2, 0.25) is 0 Å². The third kappa shape index (κ3) is 6.64. The average Bonchev–Trinajstić information content (AvgIpc) is 2.79. The van der Waals surface area contributed by atoms with Gasteiger partial charge in [-0.05, 0) is 52.0 Å². The largest absolute Gasteiger partial charge is 0.591 e. The van der Waals surface area contributed by atoms with Crippen molar-refractivity contribution in [3.8, 4) is 0 Å². The highest BCUT2D eigenvalue weighted by Crippen LogP contribution is 2.40. The molecule has 0 bridgehead atoms. The summed E-state index contributed by atoms with van der Waals surface area (Å²) in [6.45, 7) is 10.3. The average molecular weight is 510 g/mol. The molecule has 1 unspecified atom stereocenters. The lowest BCUT2D eigenvalue weighted by atomic mass is 10.1. The third-order valence-electron chi connectivity index (χ3n) is 4.74. The highest BCUT2D eigenvalue weighted by atomic mass is 35.5. The van der Waals surface area contributed by atoms with Gasteiger partial charge in [-0.25, -0.2) is 9.78 Å². The first-order chi connectivity index (χ1) is 15.7. The smallest absolute Gasteiger partial charge is 0.340 e. The Hall–Kier alpha value is -1.78. The first kappa shape index (κ1) is 25.8. The molecule has 7 nitrogen and oxygen atoms in total. The molecule has 10 heteroatoms. The van der Waals surface area contributed by atoms with Crippen LogP contribution in [-0.4, -0.2) is 59.4 Å². The van der Waals surface area contributed by atoms with Crippen molar-refractivity contribution >= 4 is 52.6 Å². The fourth-order valence-corrected chi connectivity index (χ4v) is 4.86. The first-order valence-electron chi connectivity index (χ1n) is 10.6. The molecule has 3 rings (SSSR count). The van der Waals surface area contributed by atoms with Gasteiger partial charge in [-0.3, -0.25) is 0 Å². The molecule has 1 atom stereocenters. The van der Waals surface area contributed by atoms with Crippen LogP contribution in [0.25, 0.3) is 0 Å². The van der Waals surface area contributed by atoms with Crippen LogP contribution >= 0.6 is 23.4 Å². The molecule has 2 aromatic rings. The summed E-state index contributed by atoms with van der Waals surface area (Å²) >= 11 is 6.47. The Labute approximate surface area is 207 Å². The molecule has 0 radical (unpaired) electrons. The Bertz CT molecular complexity index is 1010. The number of aromatic nitrogens is 1. The maximum absolute atomic E-state index is 12.7. The Kier molecular flexibility index (Phi) is 9.06. The van der Waals surface area contributed by atoms with Gasteiger partial charge >= 0.3 is 5.97 Å². The number of pyridine rings is 1. The summed E-state index contributed by atoms with van der Waals surface area (Å²) in [4.78, 5) is 19.7. The predicted molar refractivity (Wildman–Crippen MR) is 134 cm³/mol. The van der Waals surface area contributed by atoms with E-state index in [4.69, 9.17) is 21.1 Å². The zero-order valence-corrected chi connectivity index (χ0v) is 21.6. The molecule has 1 aromatic carbocycles. The quantitative estimate of drug-likeness (QED) is 0.301. The van der Waals surface area contributed by atoms with E-state index in [0.717, 1.165) is 11.3 Å². The molecular weight excluding hydrogens is 482 g/mol. The second-order valence-electron chi connectivity index (χ2n) is 8.18. The van der Waals surface area contributed by atoms with Gasteiger partial charge in [-0.15, -0.1) is 0 Å². The molecule has 1 aromatic heterocycles. The molecule has 178 valence electrons. The van der Waals surface area contributed by atoms with Crippen LogP contribution in [0.4, 0.5) is 5.69 Å². The Morgan fingerprint density at radius 2 is 2.09 bits per heavy atom. The summed E-state index contributed by atoms with van der Waals surface area (Å²) in [6.07, 6.45) is 3.24. The second-order valence-corrected chi connectivity index (χ2v) is 11.5. The van der Waals surface area contributed by atoms with Crippen molar-refractivity contribution in [2.45, 2.75) is 42.4 Å². The number of morpholine rings is 1. The first-order valence-corrected chi connectivity index (χ1v) is 12.9. The summed E-state index contributed by atoms with van der Waals surface area (Å²) in [5.74, 6) is -0.447. The maximum Gasteiger partial charge on any atom is 0.340 e. The maximum atomic E-state index is 12.7. The number of ether oxygens (including phenoxy) is 2. The molecule has 0 amide bonds.